The molecule has 2 aromatic carbocycles. The average molecular weight is 501 g/mol. The molecule has 1 aliphatic rings. The first-order chi connectivity index (χ1) is 14.8. The van der Waals surface area contributed by atoms with E-state index in [9.17, 15) is 18.4 Å². The van der Waals surface area contributed by atoms with Gasteiger partial charge in [-0.25, -0.2) is 13.6 Å². The first-order valence-corrected chi connectivity index (χ1v) is 10.1. The van der Waals surface area contributed by atoms with Crippen LogP contribution in [0.4, 0.5) is 20.2 Å². The highest BCUT2D eigenvalue weighted by molar-refractivity contribution is 9.10. The summed E-state index contributed by atoms with van der Waals surface area (Å²) in [6.45, 7) is 2.00. The smallest absolute Gasteiger partial charge is 0.338 e. The van der Waals surface area contributed by atoms with E-state index in [-0.39, 0.29) is 33.5 Å². The van der Waals surface area contributed by atoms with Gasteiger partial charge in [0.2, 0.25) is 5.91 Å². The Hall–Kier alpha value is -2.72. The van der Waals surface area contributed by atoms with Crippen molar-refractivity contribution < 1.29 is 32.6 Å². The van der Waals surface area contributed by atoms with Gasteiger partial charge >= 0.3 is 5.97 Å². The van der Waals surface area contributed by atoms with Gasteiger partial charge in [-0.15, -0.1) is 0 Å². The van der Waals surface area contributed by atoms with E-state index in [0.29, 0.717) is 5.69 Å². The second-order valence-electron chi connectivity index (χ2n) is 6.39. The van der Waals surface area contributed by atoms with E-state index in [2.05, 4.69) is 31.3 Å². The summed E-state index contributed by atoms with van der Waals surface area (Å²) in [7, 11) is 4.21. The Morgan fingerprint density at radius 1 is 1.13 bits per heavy atom. The van der Waals surface area contributed by atoms with Crippen molar-refractivity contribution in [2.45, 2.75) is 12.8 Å². The number of esters is 1. The van der Waals surface area contributed by atoms with Crippen LogP contribution in [0.3, 0.4) is 0 Å². The molecule has 0 unspecified atom stereocenters. The Morgan fingerprint density at radius 3 is 2.29 bits per heavy atom. The predicted octanol–water partition coefficient (Wildman–Crippen LogP) is 4.15. The van der Waals surface area contributed by atoms with Gasteiger partial charge in [0.15, 0.2) is 0 Å². The van der Waals surface area contributed by atoms with Crippen molar-refractivity contribution in [3.8, 4) is 5.75 Å². The second kappa shape index (κ2) is 11.6. The summed E-state index contributed by atoms with van der Waals surface area (Å²) in [4.78, 5) is 24.1. The molecule has 1 saturated heterocycles. The quantitative estimate of drug-likeness (QED) is 0.457. The molecule has 0 spiro atoms. The predicted molar refractivity (Wildman–Crippen MR) is 116 cm³/mol. The normalized spacial score (nSPS) is 12.1. The molecule has 3 rings (SSSR count). The summed E-state index contributed by atoms with van der Waals surface area (Å²) in [6.07, 6.45) is 0.890. The van der Waals surface area contributed by atoms with E-state index in [1.54, 1.807) is 7.05 Å². The summed E-state index contributed by atoms with van der Waals surface area (Å²) >= 11 is 2.88. The number of ether oxygens (including phenoxy) is 3. The Morgan fingerprint density at radius 2 is 1.77 bits per heavy atom. The van der Waals surface area contributed by atoms with Crippen LogP contribution in [-0.4, -0.2) is 46.4 Å². The third-order valence-electron chi connectivity index (χ3n) is 4.29. The molecule has 1 fully saturated rings. The molecule has 0 radical (unpaired) electrons. The maximum atomic E-state index is 13.9. The lowest BCUT2D eigenvalue weighted by atomic mass is 10.1. The zero-order valence-electron chi connectivity index (χ0n) is 17.3. The van der Waals surface area contributed by atoms with Crippen molar-refractivity contribution in [3.63, 3.8) is 0 Å². The molecule has 31 heavy (non-hydrogen) atoms. The molecule has 0 aromatic heterocycles. The molecule has 2 N–H and O–H groups in total. The van der Waals surface area contributed by atoms with Gasteiger partial charge < -0.3 is 24.8 Å². The highest BCUT2D eigenvalue weighted by Gasteiger charge is 2.19. The maximum absolute atomic E-state index is 13.9. The minimum Gasteiger partial charge on any atom is -0.494 e. The summed E-state index contributed by atoms with van der Waals surface area (Å²) in [5.41, 5.74) is 0.781. The molecule has 168 valence electrons. The fraction of sp³-hybridized carbons (Fsp3) is 0.333. The standard InChI is InChI=1S/C18H17BrF2N2O4.C3H6O/c1-22-14-5-10(18(25)27-3)6-15(26-2)17(14)23-16(24)7-9-4-13(21)11(19)8-12(9)20;1-2-4-3-1/h4-6,8,22H,7H2,1-3H3,(H,23,24);1-3H2. The highest BCUT2D eigenvalue weighted by Crippen LogP contribution is 2.34. The number of rotatable bonds is 6. The van der Waals surface area contributed by atoms with Crippen LogP contribution in [0.1, 0.15) is 22.3 Å². The van der Waals surface area contributed by atoms with E-state index in [0.717, 1.165) is 25.3 Å². The van der Waals surface area contributed by atoms with Gasteiger partial charge in [-0.2, -0.15) is 0 Å². The number of methoxy groups -OCH3 is 2. The van der Waals surface area contributed by atoms with Crippen LogP contribution in [0.15, 0.2) is 28.7 Å². The van der Waals surface area contributed by atoms with Crippen molar-refractivity contribution in [1.82, 2.24) is 0 Å². The second-order valence-corrected chi connectivity index (χ2v) is 7.25. The van der Waals surface area contributed by atoms with Crippen molar-refractivity contribution in [2.24, 2.45) is 0 Å². The zero-order chi connectivity index (χ0) is 23.0. The van der Waals surface area contributed by atoms with Gasteiger partial charge in [-0.1, -0.05) is 0 Å². The number of benzene rings is 2. The molecule has 0 aliphatic carbocycles. The molecule has 0 bridgehead atoms. The van der Waals surface area contributed by atoms with Crippen LogP contribution in [0, 0.1) is 11.6 Å². The third-order valence-corrected chi connectivity index (χ3v) is 4.90. The SMILES string of the molecule is C1COC1.CNc1cc(C(=O)OC)cc(OC)c1NC(=O)Cc1cc(F)c(Br)cc1F. The number of hydrogen-bond acceptors (Lipinski definition) is 6. The number of carbonyl (C=O) groups is 2. The average Bonchev–Trinajstić information content (AvgIpc) is 2.70. The Bertz CT molecular complexity index is 923. The minimum atomic E-state index is -0.708. The lowest BCUT2D eigenvalue weighted by Crippen LogP contribution is -2.17. The number of nitrogens with one attached hydrogen (secondary N) is 2. The van der Waals surface area contributed by atoms with E-state index in [4.69, 9.17) is 9.47 Å². The van der Waals surface area contributed by atoms with Gasteiger partial charge in [0.05, 0.1) is 36.4 Å². The summed E-state index contributed by atoms with van der Waals surface area (Å²) < 4.78 is 42.1. The monoisotopic (exact) mass is 500 g/mol. The van der Waals surface area contributed by atoms with Gasteiger partial charge in [0, 0.05) is 25.8 Å². The van der Waals surface area contributed by atoms with Gasteiger partial charge in [-0.05, 0) is 46.6 Å². The van der Waals surface area contributed by atoms with Gasteiger partial charge in [0.25, 0.3) is 0 Å². The summed E-state index contributed by atoms with van der Waals surface area (Å²) in [5, 5.41) is 5.44. The van der Waals surface area contributed by atoms with E-state index >= 15 is 0 Å². The molecule has 1 amide bonds. The fourth-order valence-electron chi connectivity index (χ4n) is 2.54. The molecular weight excluding hydrogens is 478 g/mol. The molecule has 0 atom stereocenters. The van der Waals surface area contributed by atoms with Crippen molar-refractivity contribution >= 4 is 39.2 Å². The van der Waals surface area contributed by atoms with E-state index in [1.807, 2.05) is 0 Å². The Kier molecular flexibility index (Phi) is 9.20. The molecule has 2 aromatic rings. The molecular formula is C21H23BrF2N2O5. The van der Waals surface area contributed by atoms with Crippen LogP contribution in [0.25, 0.3) is 0 Å². The minimum absolute atomic E-state index is 0.0262. The fourth-order valence-corrected chi connectivity index (χ4v) is 2.85. The van der Waals surface area contributed by atoms with Crippen LogP contribution >= 0.6 is 15.9 Å². The maximum Gasteiger partial charge on any atom is 0.338 e. The van der Waals surface area contributed by atoms with Crippen LogP contribution < -0.4 is 15.4 Å². The van der Waals surface area contributed by atoms with E-state index < -0.39 is 23.5 Å². The number of carbonyl (C=O) groups excluding carboxylic acids is 2. The molecule has 10 heteroatoms. The first-order valence-electron chi connectivity index (χ1n) is 9.29. The third kappa shape index (κ3) is 6.63. The largest absolute Gasteiger partial charge is 0.494 e. The Balaban J connectivity index is 0.000000762. The number of hydrogen-bond donors (Lipinski definition) is 2. The van der Waals surface area contributed by atoms with Gasteiger partial charge in [0.1, 0.15) is 23.1 Å². The Labute approximate surface area is 187 Å². The van der Waals surface area contributed by atoms with Crippen molar-refractivity contribution in [3.05, 3.63) is 51.5 Å². The van der Waals surface area contributed by atoms with Crippen molar-refractivity contribution in [2.75, 3.05) is 45.1 Å². The first kappa shape index (κ1) is 24.5. The topological polar surface area (TPSA) is 85.9 Å². The lowest BCUT2D eigenvalue weighted by Gasteiger charge is -2.16. The zero-order valence-corrected chi connectivity index (χ0v) is 18.9. The molecule has 1 heterocycles. The number of halogens is 3. The van der Waals surface area contributed by atoms with Crippen LogP contribution in [-0.2, 0) is 20.7 Å². The molecule has 1 aliphatic heterocycles. The van der Waals surface area contributed by atoms with Crippen molar-refractivity contribution in [1.29, 1.82) is 0 Å². The molecule has 0 saturated carbocycles. The highest BCUT2D eigenvalue weighted by atomic mass is 79.9. The summed E-state index contributed by atoms with van der Waals surface area (Å²) in [6, 6.07) is 4.80. The van der Waals surface area contributed by atoms with Crippen LogP contribution in [0.2, 0.25) is 0 Å². The summed E-state index contributed by atoms with van der Waals surface area (Å²) in [5.74, 6) is -2.33. The van der Waals surface area contributed by atoms with E-state index in [1.165, 1.54) is 32.8 Å². The number of amides is 1. The molecule has 7 nitrogen and oxygen atoms in total. The van der Waals surface area contributed by atoms with Gasteiger partial charge in [-0.3, -0.25) is 4.79 Å². The van der Waals surface area contributed by atoms with Crippen LogP contribution in [0.5, 0.6) is 5.75 Å². The lowest BCUT2D eigenvalue weighted by molar-refractivity contribution is -0.115. The number of anilines is 2.